The second-order valence-electron chi connectivity index (χ2n) is 7.63. The Morgan fingerprint density at radius 2 is 1.79 bits per heavy atom. The lowest BCUT2D eigenvalue weighted by Gasteiger charge is -2.16. The van der Waals surface area contributed by atoms with Gasteiger partial charge in [0.1, 0.15) is 11.5 Å². The summed E-state index contributed by atoms with van der Waals surface area (Å²) >= 11 is 0. The van der Waals surface area contributed by atoms with Crippen molar-refractivity contribution in [2.24, 2.45) is 0 Å². The Kier molecular flexibility index (Phi) is 7.30. The van der Waals surface area contributed by atoms with Gasteiger partial charge in [0.15, 0.2) is 0 Å². The monoisotopic (exact) mass is 461 g/mol. The molecular formula is C24H26F3N3O3. The first kappa shape index (κ1) is 24.2. The molecule has 2 aromatic carbocycles. The summed E-state index contributed by atoms with van der Waals surface area (Å²) in [5, 5.41) is 6.84. The lowest BCUT2D eigenvalue weighted by atomic mass is 10.0. The normalized spacial score (nSPS) is 11.4. The fourth-order valence-electron chi connectivity index (χ4n) is 3.61. The zero-order valence-corrected chi connectivity index (χ0v) is 18.9. The summed E-state index contributed by atoms with van der Waals surface area (Å²) in [7, 11) is 3.07. The minimum Gasteiger partial charge on any atom is -0.497 e. The molecule has 0 fully saturated rings. The summed E-state index contributed by atoms with van der Waals surface area (Å²) in [6.07, 6.45) is -4.12. The molecule has 0 aliphatic heterocycles. The molecule has 0 radical (unpaired) electrons. The summed E-state index contributed by atoms with van der Waals surface area (Å²) in [4.78, 5) is 12.4. The van der Waals surface area contributed by atoms with E-state index in [1.807, 2.05) is 0 Å². The number of nitrogens with one attached hydrogen (secondary N) is 1. The second kappa shape index (κ2) is 9.97. The predicted molar refractivity (Wildman–Crippen MR) is 118 cm³/mol. The molecule has 176 valence electrons. The number of ether oxygens (including phenoxy) is 2. The van der Waals surface area contributed by atoms with Gasteiger partial charge >= 0.3 is 6.18 Å². The molecule has 0 atom stereocenters. The molecule has 3 aromatic rings. The maximum atomic E-state index is 13.7. The number of aryl methyl sites for hydroxylation is 3. The quantitative estimate of drug-likeness (QED) is 0.525. The van der Waals surface area contributed by atoms with Gasteiger partial charge in [0, 0.05) is 18.7 Å². The largest absolute Gasteiger partial charge is 0.497 e. The second-order valence-corrected chi connectivity index (χ2v) is 7.63. The van der Waals surface area contributed by atoms with Crippen LogP contribution in [0.5, 0.6) is 11.5 Å². The summed E-state index contributed by atoms with van der Waals surface area (Å²) in [5.74, 6) is 0.877. The van der Waals surface area contributed by atoms with Crippen LogP contribution in [0, 0.1) is 13.8 Å². The summed E-state index contributed by atoms with van der Waals surface area (Å²) in [5.41, 5.74) is 1.72. The van der Waals surface area contributed by atoms with E-state index in [2.05, 4.69) is 10.4 Å². The van der Waals surface area contributed by atoms with Gasteiger partial charge in [0.2, 0.25) is 5.91 Å². The summed E-state index contributed by atoms with van der Waals surface area (Å²) in [6.45, 7) is 3.32. The molecule has 1 N–H and O–H groups in total. The smallest absolute Gasteiger partial charge is 0.416 e. The highest BCUT2D eigenvalue weighted by molar-refractivity contribution is 5.76. The Morgan fingerprint density at radius 3 is 2.39 bits per heavy atom. The third-order valence-corrected chi connectivity index (χ3v) is 5.24. The maximum absolute atomic E-state index is 13.7. The van der Waals surface area contributed by atoms with Crippen LogP contribution >= 0.6 is 0 Å². The minimum atomic E-state index is -4.57. The van der Waals surface area contributed by atoms with Crippen molar-refractivity contribution in [2.75, 3.05) is 14.2 Å². The van der Waals surface area contributed by atoms with Crippen LogP contribution in [-0.4, -0.2) is 29.9 Å². The average molecular weight is 461 g/mol. The van der Waals surface area contributed by atoms with Crippen LogP contribution in [0.4, 0.5) is 13.2 Å². The van der Waals surface area contributed by atoms with Gasteiger partial charge in [-0.05, 0) is 67.8 Å². The molecule has 3 rings (SSSR count). The Hall–Kier alpha value is -3.49. The number of carbonyl (C=O) groups is 1. The van der Waals surface area contributed by atoms with Crippen LogP contribution in [-0.2, 0) is 23.9 Å². The molecule has 0 unspecified atom stereocenters. The molecule has 0 aliphatic rings. The van der Waals surface area contributed by atoms with E-state index in [0.717, 1.165) is 17.3 Å². The molecule has 0 bridgehead atoms. The van der Waals surface area contributed by atoms with Crippen LogP contribution in [0.1, 0.15) is 34.5 Å². The van der Waals surface area contributed by atoms with E-state index >= 15 is 0 Å². The first-order valence-corrected chi connectivity index (χ1v) is 10.3. The fourth-order valence-corrected chi connectivity index (χ4v) is 3.61. The van der Waals surface area contributed by atoms with Crippen LogP contribution in [0.15, 0.2) is 42.5 Å². The Bertz CT molecular complexity index is 1140. The van der Waals surface area contributed by atoms with Gasteiger partial charge in [-0.3, -0.25) is 4.79 Å². The number of alkyl halides is 3. The third-order valence-electron chi connectivity index (χ3n) is 5.24. The minimum absolute atomic E-state index is 0.0138. The van der Waals surface area contributed by atoms with Crippen molar-refractivity contribution in [1.82, 2.24) is 15.1 Å². The van der Waals surface area contributed by atoms with Crippen molar-refractivity contribution in [3.8, 4) is 17.2 Å². The van der Waals surface area contributed by atoms with Gasteiger partial charge in [0.05, 0.1) is 31.2 Å². The van der Waals surface area contributed by atoms with E-state index in [1.54, 1.807) is 44.2 Å². The topological polar surface area (TPSA) is 65.4 Å². The van der Waals surface area contributed by atoms with E-state index in [9.17, 15) is 18.0 Å². The summed E-state index contributed by atoms with van der Waals surface area (Å²) in [6, 6.07) is 11.0. The number of carbonyl (C=O) groups excluding carboxylic acids is 1. The van der Waals surface area contributed by atoms with Crippen molar-refractivity contribution in [2.45, 2.75) is 39.4 Å². The number of hydrogen-bond donors (Lipinski definition) is 1. The molecular weight excluding hydrogens is 435 g/mol. The molecule has 9 heteroatoms. The number of hydrogen-bond acceptors (Lipinski definition) is 4. The predicted octanol–water partition coefficient (Wildman–Crippen LogP) is 4.77. The lowest BCUT2D eigenvalue weighted by Crippen LogP contribution is -2.25. The van der Waals surface area contributed by atoms with E-state index in [1.165, 1.54) is 25.0 Å². The van der Waals surface area contributed by atoms with Crippen molar-refractivity contribution in [1.29, 1.82) is 0 Å². The lowest BCUT2D eigenvalue weighted by molar-refractivity contribution is -0.138. The van der Waals surface area contributed by atoms with Gasteiger partial charge in [0.25, 0.3) is 0 Å². The Morgan fingerprint density at radius 1 is 1.03 bits per heavy atom. The van der Waals surface area contributed by atoms with Crippen LogP contribution in [0.25, 0.3) is 5.69 Å². The van der Waals surface area contributed by atoms with Gasteiger partial charge in [-0.15, -0.1) is 0 Å². The number of nitrogens with zero attached hydrogens (tertiary/aromatic N) is 2. The Labute approximate surface area is 190 Å². The molecule has 0 saturated carbocycles. The number of halogens is 3. The van der Waals surface area contributed by atoms with E-state index in [-0.39, 0.29) is 24.4 Å². The van der Waals surface area contributed by atoms with E-state index in [0.29, 0.717) is 29.3 Å². The van der Waals surface area contributed by atoms with Gasteiger partial charge in [-0.25, -0.2) is 4.68 Å². The molecule has 1 amide bonds. The molecule has 0 saturated heterocycles. The Balaban J connectivity index is 1.72. The molecule has 1 heterocycles. The number of benzene rings is 2. The van der Waals surface area contributed by atoms with E-state index < -0.39 is 11.7 Å². The van der Waals surface area contributed by atoms with Crippen molar-refractivity contribution in [3.63, 3.8) is 0 Å². The fraction of sp³-hybridized carbons (Fsp3) is 0.333. The van der Waals surface area contributed by atoms with Crippen molar-refractivity contribution >= 4 is 5.91 Å². The van der Waals surface area contributed by atoms with Crippen LogP contribution in [0.3, 0.4) is 0 Å². The number of rotatable bonds is 8. The number of amides is 1. The number of aromatic nitrogens is 2. The first-order valence-electron chi connectivity index (χ1n) is 10.3. The van der Waals surface area contributed by atoms with E-state index in [4.69, 9.17) is 9.47 Å². The summed E-state index contributed by atoms with van der Waals surface area (Å²) < 4.78 is 53.1. The maximum Gasteiger partial charge on any atom is 0.416 e. The SMILES string of the molecule is COc1ccc(OC)c(CCC(=O)NCc2ccc(-n3nc(C)cc3C)cc2C(F)(F)F)c1. The zero-order chi connectivity index (χ0) is 24.2. The zero-order valence-electron chi connectivity index (χ0n) is 18.9. The molecule has 1 aromatic heterocycles. The van der Waals surface area contributed by atoms with Crippen LogP contribution in [0.2, 0.25) is 0 Å². The van der Waals surface area contributed by atoms with Gasteiger partial charge in [-0.1, -0.05) is 6.07 Å². The van der Waals surface area contributed by atoms with Crippen LogP contribution < -0.4 is 14.8 Å². The molecule has 6 nitrogen and oxygen atoms in total. The third kappa shape index (κ3) is 5.85. The molecule has 0 spiro atoms. The average Bonchev–Trinajstić information content (AvgIpc) is 3.13. The highest BCUT2D eigenvalue weighted by Crippen LogP contribution is 2.34. The number of methoxy groups -OCH3 is 2. The standard InChI is InChI=1S/C24H26F3N3O3/c1-15-11-16(2)30(29-15)19-7-5-18(21(13-19)24(25,26)27)14-28-23(31)10-6-17-12-20(32-3)8-9-22(17)33-4/h5,7-9,11-13H,6,10,14H2,1-4H3,(H,28,31). The highest BCUT2D eigenvalue weighted by Gasteiger charge is 2.34. The van der Waals surface area contributed by atoms with Crippen molar-refractivity contribution in [3.05, 3.63) is 70.5 Å². The highest BCUT2D eigenvalue weighted by atomic mass is 19.4. The van der Waals surface area contributed by atoms with Gasteiger partial charge in [-0.2, -0.15) is 18.3 Å². The molecule has 0 aliphatic carbocycles. The molecule has 33 heavy (non-hydrogen) atoms. The van der Waals surface area contributed by atoms with Crippen molar-refractivity contribution < 1.29 is 27.4 Å². The van der Waals surface area contributed by atoms with Gasteiger partial charge < -0.3 is 14.8 Å². The first-order chi connectivity index (χ1) is 15.6.